The number of nitrogens with one attached hydrogen (secondary N) is 3. The molecule has 0 aromatic heterocycles. The third-order valence-electron chi connectivity index (χ3n) is 7.49. The molecule has 8 heteroatoms. The van der Waals surface area contributed by atoms with Crippen LogP contribution in [0.3, 0.4) is 0 Å². The van der Waals surface area contributed by atoms with Crippen molar-refractivity contribution in [2.24, 2.45) is 23.7 Å². The van der Waals surface area contributed by atoms with Gasteiger partial charge in [0.2, 0.25) is 0 Å². The molecular weight excluding hydrogens is 478 g/mol. The van der Waals surface area contributed by atoms with E-state index in [4.69, 9.17) is 20.1 Å². The molecule has 0 amide bonds. The quantitative estimate of drug-likeness (QED) is 0.140. The number of carbonyl (C=O) groups excluding carboxylic acids is 1. The summed E-state index contributed by atoms with van der Waals surface area (Å²) in [7, 11) is 0. The smallest absolute Gasteiger partial charge is 0.330 e. The van der Waals surface area contributed by atoms with E-state index in [0.29, 0.717) is 25.0 Å². The fourth-order valence-electron chi connectivity index (χ4n) is 5.10. The number of nitriles is 2. The Hall–Kier alpha value is -2.85. The second-order valence-corrected chi connectivity index (χ2v) is 10.4. The van der Waals surface area contributed by atoms with Crippen LogP contribution in [0.1, 0.15) is 64.2 Å². The lowest BCUT2D eigenvalue weighted by molar-refractivity contribution is -0.137. The van der Waals surface area contributed by atoms with Gasteiger partial charge in [-0.05, 0) is 64.2 Å². The lowest BCUT2D eigenvalue weighted by Gasteiger charge is -2.32. The van der Waals surface area contributed by atoms with Crippen LogP contribution in [-0.4, -0.2) is 50.4 Å². The van der Waals surface area contributed by atoms with Crippen LogP contribution in [0.25, 0.3) is 0 Å². The highest BCUT2D eigenvalue weighted by Gasteiger charge is 2.30. The third kappa shape index (κ3) is 10.5. The largest absolute Gasteiger partial charge is 0.463 e. The minimum absolute atomic E-state index is 0.0416. The highest BCUT2D eigenvalue weighted by atomic mass is 16.6. The molecule has 3 rings (SSSR count). The molecule has 0 radical (unpaired) electrons. The first-order chi connectivity index (χ1) is 18.6. The average Bonchev–Trinajstić information content (AvgIpc) is 2.97. The molecule has 0 spiro atoms. The van der Waals surface area contributed by atoms with Crippen LogP contribution >= 0.6 is 0 Å². The molecule has 204 valence electrons. The van der Waals surface area contributed by atoms with E-state index in [1.165, 1.54) is 6.08 Å². The Morgan fingerprint density at radius 2 is 1.45 bits per heavy atom. The van der Waals surface area contributed by atoms with Crippen LogP contribution in [-0.2, 0) is 14.4 Å². The third-order valence-corrected chi connectivity index (χ3v) is 7.49. The van der Waals surface area contributed by atoms with Gasteiger partial charge in [-0.15, -0.1) is 0 Å². The molecule has 2 saturated heterocycles. The number of unbranched alkanes of at least 4 members (excludes halogenated alkanes) is 2. The second-order valence-electron chi connectivity index (χ2n) is 10.4. The molecule has 3 fully saturated rings. The summed E-state index contributed by atoms with van der Waals surface area (Å²) in [5.74, 6) is 14.7. The van der Waals surface area contributed by atoms with Crippen LogP contribution in [0.5, 0.6) is 0 Å². The topological polar surface area (TPSA) is 119 Å². The Morgan fingerprint density at radius 1 is 0.842 bits per heavy atom. The Kier molecular flexibility index (Phi) is 13.2. The summed E-state index contributed by atoms with van der Waals surface area (Å²) in [6.45, 7) is 5.93. The number of hydroxylamine groups is 1. The van der Waals surface area contributed by atoms with Gasteiger partial charge in [0.1, 0.15) is 0 Å². The maximum absolute atomic E-state index is 11.1. The van der Waals surface area contributed by atoms with Gasteiger partial charge in [-0.1, -0.05) is 30.3 Å². The van der Waals surface area contributed by atoms with Gasteiger partial charge in [0, 0.05) is 48.9 Å². The van der Waals surface area contributed by atoms with Crippen LogP contribution in [0.15, 0.2) is 12.7 Å². The Bertz CT molecular complexity index is 962. The standard InChI is InChI=1S/C30H41N5O3/c1-2-30(36)37-16-4-3-5-17-38-35-29-18-23(6-7-24-10-14-27(19-31)33-21-24)8-12-26(29)13-9-25-11-15-28(20-32)34-22-25/h2,23-29,33-35H,1,3-5,8,10-12,14-18,21-22H2. The molecular formula is C30H41N5O3. The normalized spacial score (nSPS) is 30.7. The van der Waals surface area contributed by atoms with Crippen molar-refractivity contribution in [1.29, 1.82) is 10.5 Å². The van der Waals surface area contributed by atoms with Crippen LogP contribution in [0, 0.1) is 70.0 Å². The van der Waals surface area contributed by atoms with E-state index in [0.717, 1.165) is 77.3 Å². The molecule has 0 aromatic carbocycles. The maximum Gasteiger partial charge on any atom is 0.330 e. The van der Waals surface area contributed by atoms with Crippen molar-refractivity contribution in [1.82, 2.24) is 16.1 Å². The van der Waals surface area contributed by atoms with Gasteiger partial charge >= 0.3 is 5.97 Å². The first-order valence-corrected chi connectivity index (χ1v) is 14.1. The highest BCUT2D eigenvalue weighted by Crippen LogP contribution is 2.29. The zero-order valence-corrected chi connectivity index (χ0v) is 22.3. The fraction of sp³-hybridized carbons (Fsp3) is 0.700. The van der Waals surface area contributed by atoms with Crippen molar-refractivity contribution < 1.29 is 14.4 Å². The van der Waals surface area contributed by atoms with Crippen molar-refractivity contribution >= 4 is 5.97 Å². The van der Waals surface area contributed by atoms with Crippen LogP contribution in [0.4, 0.5) is 0 Å². The zero-order chi connectivity index (χ0) is 27.0. The van der Waals surface area contributed by atoms with E-state index >= 15 is 0 Å². The molecule has 3 N–H and O–H groups in total. The summed E-state index contributed by atoms with van der Waals surface area (Å²) in [5, 5.41) is 24.7. The number of hydrogen-bond acceptors (Lipinski definition) is 8. The lowest BCUT2D eigenvalue weighted by atomic mass is 9.78. The Morgan fingerprint density at radius 3 is 2.05 bits per heavy atom. The average molecular weight is 520 g/mol. The van der Waals surface area contributed by atoms with Crippen molar-refractivity contribution in [3.63, 3.8) is 0 Å². The number of piperidine rings is 2. The van der Waals surface area contributed by atoms with Crippen LogP contribution < -0.4 is 16.1 Å². The van der Waals surface area contributed by atoms with Crippen molar-refractivity contribution in [2.45, 2.75) is 82.3 Å². The van der Waals surface area contributed by atoms with Crippen LogP contribution in [0.2, 0.25) is 0 Å². The van der Waals surface area contributed by atoms with Gasteiger partial charge in [-0.2, -0.15) is 16.0 Å². The number of carbonyl (C=O) groups is 1. The summed E-state index contributed by atoms with van der Waals surface area (Å²) in [6.07, 6.45) is 10.3. The minimum atomic E-state index is -0.384. The number of rotatable bonds is 9. The summed E-state index contributed by atoms with van der Waals surface area (Å²) in [4.78, 5) is 17.0. The molecule has 8 nitrogen and oxygen atoms in total. The lowest BCUT2D eigenvalue weighted by Crippen LogP contribution is -2.41. The SMILES string of the molecule is C=CC(=O)OCCCCCONC1CC(C#CC2CCC(C#N)NC2)CCC1C#CC1CCC(C#N)NC1. The minimum Gasteiger partial charge on any atom is -0.463 e. The molecule has 0 bridgehead atoms. The Balaban J connectivity index is 1.48. The van der Waals surface area contributed by atoms with Crippen molar-refractivity contribution in [3.05, 3.63) is 12.7 Å². The molecule has 7 atom stereocenters. The Labute approximate surface area is 227 Å². The van der Waals surface area contributed by atoms with E-state index in [1.54, 1.807) is 0 Å². The summed E-state index contributed by atoms with van der Waals surface area (Å²) in [5.41, 5.74) is 3.30. The molecule has 1 aliphatic carbocycles. The van der Waals surface area contributed by atoms with E-state index in [-0.39, 0.29) is 35.9 Å². The fourth-order valence-corrected chi connectivity index (χ4v) is 5.10. The van der Waals surface area contributed by atoms with Gasteiger partial charge in [-0.25, -0.2) is 4.79 Å². The zero-order valence-electron chi connectivity index (χ0n) is 22.3. The highest BCUT2D eigenvalue weighted by molar-refractivity contribution is 5.81. The van der Waals surface area contributed by atoms with E-state index < -0.39 is 0 Å². The molecule has 0 aromatic rings. The first kappa shape index (κ1) is 29.7. The number of nitrogens with zero attached hydrogens (tertiary/aromatic N) is 2. The monoisotopic (exact) mass is 519 g/mol. The van der Waals surface area contributed by atoms with Crippen molar-refractivity contribution in [2.75, 3.05) is 26.3 Å². The number of esters is 1. The first-order valence-electron chi connectivity index (χ1n) is 14.1. The van der Waals surface area contributed by atoms with Gasteiger partial charge in [0.25, 0.3) is 0 Å². The van der Waals surface area contributed by atoms with E-state index in [1.807, 2.05) is 0 Å². The summed E-state index contributed by atoms with van der Waals surface area (Å²) in [6, 6.07) is 4.60. The van der Waals surface area contributed by atoms with E-state index in [9.17, 15) is 4.79 Å². The summed E-state index contributed by atoms with van der Waals surface area (Å²) < 4.78 is 5.01. The van der Waals surface area contributed by atoms with Gasteiger partial charge < -0.3 is 20.2 Å². The van der Waals surface area contributed by atoms with E-state index in [2.05, 4.69) is 58.5 Å². The maximum atomic E-state index is 11.1. The molecule has 7 unspecified atom stereocenters. The second kappa shape index (κ2) is 16.9. The molecule has 3 aliphatic rings. The van der Waals surface area contributed by atoms with Gasteiger partial charge in [0.15, 0.2) is 0 Å². The molecule has 38 heavy (non-hydrogen) atoms. The summed E-state index contributed by atoms with van der Waals surface area (Å²) >= 11 is 0. The van der Waals surface area contributed by atoms with Crippen molar-refractivity contribution in [3.8, 4) is 35.8 Å². The molecule has 2 heterocycles. The van der Waals surface area contributed by atoms with Gasteiger partial charge in [0.05, 0.1) is 37.4 Å². The predicted molar refractivity (Wildman–Crippen MR) is 145 cm³/mol. The molecule has 2 aliphatic heterocycles. The number of ether oxygens (including phenoxy) is 1. The molecule has 1 saturated carbocycles. The predicted octanol–water partition coefficient (Wildman–Crippen LogP) is 2.98. The van der Waals surface area contributed by atoms with Gasteiger partial charge in [-0.3, -0.25) is 0 Å². The number of hydrogen-bond donors (Lipinski definition) is 3.